The summed E-state index contributed by atoms with van der Waals surface area (Å²) in [4.78, 5) is 23.5. The fraction of sp³-hybridized carbons (Fsp3) is 0.400. The number of ether oxygens (including phenoxy) is 1. The van der Waals surface area contributed by atoms with Gasteiger partial charge in [0.2, 0.25) is 5.88 Å². The van der Waals surface area contributed by atoms with Crippen LogP contribution in [0.2, 0.25) is 0 Å². The molecule has 0 bridgehead atoms. The number of aryl methyl sites for hydroxylation is 3. The van der Waals surface area contributed by atoms with Crippen LogP contribution in [0.4, 0.5) is 0 Å². The van der Waals surface area contributed by atoms with Crippen LogP contribution in [0.5, 0.6) is 5.88 Å². The van der Waals surface area contributed by atoms with Crippen molar-refractivity contribution in [1.29, 1.82) is 0 Å². The van der Waals surface area contributed by atoms with Gasteiger partial charge in [-0.1, -0.05) is 67.6 Å². The molecule has 3 aromatic heterocycles. The molecule has 0 radical (unpaired) electrons. The van der Waals surface area contributed by atoms with E-state index in [1.54, 1.807) is 7.11 Å². The molecule has 7 heteroatoms. The van der Waals surface area contributed by atoms with Crippen LogP contribution in [0.25, 0.3) is 16.7 Å². The Balaban J connectivity index is 1.27. The molecule has 6 rings (SSSR count). The maximum atomic E-state index is 14.0. The van der Waals surface area contributed by atoms with E-state index in [1.165, 1.54) is 37.1 Å². The largest absolute Gasteiger partial charge is 0.481 e. The standard InChI is InChI=1S/C35H42N5O2/c1-4-31-36-26(2)33-35(41)38(30-16-17-32(42-3)37-34(30)39(31)33)20-11-21-40(25-29-14-9-6-10-15-29)22-18-28(19-23-40)24-27-12-7-5-8-13-27/h5-10,12-17,28H,4,11,18-25H2,1-3H3/q+1. The summed E-state index contributed by atoms with van der Waals surface area (Å²) in [6.45, 7) is 9.04. The molecule has 5 aromatic rings. The molecule has 218 valence electrons. The van der Waals surface area contributed by atoms with E-state index in [0.29, 0.717) is 17.9 Å². The number of imidazole rings is 1. The summed E-state index contributed by atoms with van der Waals surface area (Å²) in [6.07, 6.45) is 5.26. The highest BCUT2D eigenvalue weighted by Gasteiger charge is 2.34. The molecule has 2 aromatic carbocycles. The van der Waals surface area contributed by atoms with Crippen LogP contribution in [0.15, 0.2) is 77.6 Å². The number of rotatable bonds is 10. The van der Waals surface area contributed by atoms with Gasteiger partial charge in [-0.2, -0.15) is 4.98 Å². The molecular formula is C35H42N5O2+. The lowest BCUT2D eigenvalue weighted by Crippen LogP contribution is -2.53. The highest BCUT2D eigenvalue weighted by Crippen LogP contribution is 2.30. The van der Waals surface area contributed by atoms with E-state index in [4.69, 9.17) is 14.7 Å². The third kappa shape index (κ3) is 5.58. The van der Waals surface area contributed by atoms with Crippen molar-refractivity contribution in [2.75, 3.05) is 26.7 Å². The first-order valence-corrected chi connectivity index (χ1v) is 15.4. The fourth-order valence-electron chi connectivity index (χ4n) is 6.99. The van der Waals surface area contributed by atoms with Crippen molar-refractivity contribution in [1.82, 2.24) is 18.9 Å². The summed E-state index contributed by atoms with van der Waals surface area (Å²) >= 11 is 0. The van der Waals surface area contributed by atoms with E-state index >= 15 is 0 Å². The third-order valence-electron chi connectivity index (χ3n) is 9.19. The van der Waals surface area contributed by atoms with Gasteiger partial charge in [-0.3, -0.25) is 9.20 Å². The van der Waals surface area contributed by atoms with Gasteiger partial charge in [-0.05, 0) is 43.7 Å². The topological polar surface area (TPSA) is 61.4 Å². The number of pyridine rings is 1. The highest BCUT2D eigenvalue weighted by molar-refractivity contribution is 5.77. The number of aromatic nitrogens is 4. The van der Waals surface area contributed by atoms with Crippen molar-refractivity contribution in [3.63, 3.8) is 0 Å². The second-order valence-corrected chi connectivity index (χ2v) is 11.9. The van der Waals surface area contributed by atoms with Gasteiger partial charge in [0.1, 0.15) is 17.9 Å². The molecule has 7 nitrogen and oxygen atoms in total. The average molecular weight is 565 g/mol. The van der Waals surface area contributed by atoms with Gasteiger partial charge in [0.25, 0.3) is 5.56 Å². The van der Waals surface area contributed by atoms with E-state index in [9.17, 15) is 4.79 Å². The normalized spacial score (nSPS) is 19.0. The number of piperidine rings is 1. The third-order valence-corrected chi connectivity index (χ3v) is 9.19. The molecule has 1 saturated heterocycles. The maximum absolute atomic E-state index is 14.0. The number of methoxy groups -OCH3 is 1. The minimum absolute atomic E-state index is 0.00958. The number of hydrogen-bond donors (Lipinski definition) is 0. The minimum Gasteiger partial charge on any atom is -0.481 e. The first-order valence-electron chi connectivity index (χ1n) is 15.4. The second kappa shape index (κ2) is 12.1. The van der Waals surface area contributed by atoms with Gasteiger partial charge >= 0.3 is 0 Å². The molecule has 0 saturated carbocycles. The first kappa shape index (κ1) is 28.2. The Kier molecular flexibility index (Phi) is 8.11. The molecule has 0 N–H and O–H groups in total. The molecule has 1 aliphatic rings. The summed E-state index contributed by atoms with van der Waals surface area (Å²) < 4.78 is 10.4. The predicted octanol–water partition coefficient (Wildman–Crippen LogP) is 5.98. The molecule has 0 spiro atoms. The SMILES string of the molecule is CCc1nc(C)c2c(=O)n(CCC[N+]3(Cc4ccccc4)CCC(Cc4ccccc4)CC3)c3ccc(OC)nc3n12. The quantitative estimate of drug-likeness (QED) is 0.196. The number of quaternary nitrogens is 1. The fourth-order valence-corrected chi connectivity index (χ4v) is 6.99. The number of benzene rings is 2. The predicted molar refractivity (Wildman–Crippen MR) is 168 cm³/mol. The summed E-state index contributed by atoms with van der Waals surface area (Å²) in [5.74, 6) is 2.11. The van der Waals surface area contributed by atoms with Crippen molar-refractivity contribution in [3.05, 3.63) is 106 Å². The summed E-state index contributed by atoms with van der Waals surface area (Å²) in [5.41, 5.74) is 5.78. The lowest BCUT2D eigenvalue weighted by Gasteiger charge is -2.44. The van der Waals surface area contributed by atoms with Crippen LogP contribution < -0.4 is 10.3 Å². The highest BCUT2D eigenvalue weighted by atomic mass is 16.5. The Morgan fingerprint density at radius 2 is 1.62 bits per heavy atom. The van der Waals surface area contributed by atoms with Crippen LogP contribution in [0.3, 0.4) is 0 Å². The molecule has 0 aliphatic carbocycles. The van der Waals surface area contributed by atoms with Crippen molar-refractivity contribution in [2.45, 2.75) is 59.0 Å². The number of hydrogen-bond acceptors (Lipinski definition) is 4. The summed E-state index contributed by atoms with van der Waals surface area (Å²) in [5, 5.41) is 0. The Bertz CT molecular complexity index is 1720. The molecule has 0 unspecified atom stereocenters. The van der Waals surface area contributed by atoms with Crippen LogP contribution in [-0.4, -0.2) is 50.2 Å². The molecule has 1 aliphatic heterocycles. The van der Waals surface area contributed by atoms with E-state index in [-0.39, 0.29) is 5.56 Å². The molecule has 0 atom stereocenters. The van der Waals surface area contributed by atoms with Crippen LogP contribution in [-0.2, 0) is 25.9 Å². The lowest BCUT2D eigenvalue weighted by molar-refractivity contribution is -0.946. The van der Waals surface area contributed by atoms with Gasteiger partial charge in [-0.15, -0.1) is 0 Å². The molecule has 42 heavy (non-hydrogen) atoms. The van der Waals surface area contributed by atoms with E-state index in [2.05, 4.69) is 67.6 Å². The maximum Gasteiger partial charge on any atom is 0.277 e. The van der Waals surface area contributed by atoms with Crippen molar-refractivity contribution < 1.29 is 9.22 Å². The zero-order valence-electron chi connectivity index (χ0n) is 25.1. The average Bonchev–Trinajstić information content (AvgIpc) is 3.37. The summed E-state index contributed by atoms with van der Waals surface area (Å²) in [6, 6.07) is 25.6. The smallest absolute Gasteiger partial charge is 0.277 e. The summed E-state index contributed by atoms with van der Waals surface area (Å²) in [7, 11) is 1.62. The van der Waals surface area contributed by atoms with Crippen molar-refractivity contribution >= 4 is 16.7 Å². The Morgan fingerprint density at radius 3 is 2.29 bits per heavy atom. The molecule has 1 fully saturated rings. The van der Waals surface area contributed by atoms with Gasteiger partial charge in [-0.25, -0.2) is 4.98 Å². The van der Waals surface area contributed by atoms with Gasteiger partial charge < -0.3 is 13.8 Å². The zero-order valence-corrected chi connectivity index (χ0v) is 25.1. The monoisotopic (exact) mass is 564 g/mol. The van der Waals surface area contributed by atoms with E-state index in [0.717, 1.165) is 65.4 Å². The van der Waals surface area contributed by atoms with Crippen LogP contribution in [0.1, 0.15) is 48.8 Å². The molecular weight excluding hydrogens is 522 g/mol. The molecule has 4 heterocycles. The van der Waals surface area contributed by atoms with Crippen molar-refractivity contribution in [3.8, 4) is 5.88 Å². The Hall–Kier alpha value is -3.97. The van der Waals surface area contributed by atoms with Crippen LogP contribution >= 0.6 is 0 Å². The second-order valence-electron chi connectivity index (χ2n) is 11.9. The minimum atomic E-state index is 0.00958. The van der Waals surface area contributed by atoms with Gasteiger partial charge in [0.15, 0.2) is 5.65 Å². The van der Waals surface area contributed by atoms with E-state index in [1.807, 2.05) is 28.0 Å². The Morgan fingerprint density at radius 1 is 0.929 bits per heavy atom. The number of fused-ring (bicyclic) bond motifs is 3. The van der Waals surface area contributed by atoms with Crippen molar-refractivity contribution in [2.24, 2.45) is 5.92 Å². The molecule has 0 amide bonds. The van der Waals surface area contributed by atoms with Gasteiger partial charge in [0, 0.05) is 31.0 Å². The zero-order chi connectivity index (χ0) is 29.1. The Labute approximate surface area is 248 Å². The van der Waals surface area contributed by atoms with Gasteiger partial charge in [0.05, 0.1) is 38.0 Å². The number of nitrogens with zero attached hydrogens (tertiary/aromatic N) is 5. The van der Waals surface area contributed by atoms with Crippen LogP contribution in [0, 0.1) is 12.8 Å². The number of likely N-dealkylation sites (tertiary alicyclic amines) is 1. The first-order chi connectivity index (χ1) is 20.5. The van der Waals surface area contributed by atoms with E-state index < -0.39 is 0 Å². The lowest BCUT2D eigenvalue weighted by atomic mass is 9.88.